The van der Waals surface area contributed by atoms with Crippen LogP contribution >= 0.6 is 23.2 Å². The minimum absolute atomic E-state index is 1.01. The standard InChI is InChI=1S/C14HCl2F8N/c15-5-3(7(17)11(21)6(16)10(5)20)2(1-25)4-8(18)12(22)14(24)13(23)9(4)19/h2H. The van der Waals surface area contributed by atoms with Crippen molar-refractivity contribution >= 4 is 23.2 Å². The molecule has 0 aliphatic heterocycles. The van der Waals surface area contributed by atoms with Crippen molar-refractivity contribution in [1.29, 1.82) is 5.26 Å². The van der Waals surface area contributed by atoms with Gasteiger partial charge in [0.15, 0.2) is 40.7 Å². The molecule has 2 aromatic rings. The Morgan fingerprint density at radius 1 is 0.560 bits per heavy atom. The Bertz CT molecular complexity index is 810. The van der Waals surface area contributed by atoms with Crippen LogP contribution in [0.5, 0.6) is 0 Å². The van der Waals surface area contributed by atoms with E-state index in [9.17, 15) is 35.1 Å². The Kier molecular flexibility index (Phi) is 5.16. The normalized spacial score (nSPS) is 12.2. The number of rotatable bonds is 2. The fourth-order valence-electron chi connectivity index (χ4n) is 2.02. The summed E-state index contributed by atoms with van der Waals surface area (Å²) in [5.74, 6) is -20.9. The van der Waals surface area contributed by atoms with Gasteiger partial charge in [-0.15, -0.1) is 0 Å². The van der Waals surface area contributed by atoms with Gasteiger partial charge in [0.05, 0.1) is 16.7 Å². The Labute approximate surface area is 144 Å². The highest BCUT2D eigenvalue weighted by Crippen LogP contribution is 2.41. The Morgan fingerprint density at radius 2 is 0.960 bits per heavy atom. The van der Waals surface area contributed by atoms with Crippen LogP contribution in [0.4, 0.5) is 35.1 Å². The van der Waals surface area contributed by atoms with E-state index in [2.05, 4.69) is 0 Å². The minimum Gasteiger partial charge on any atom is -0.204 e. The van der Waals surface area contributed by atoms with Crippen LogP contribution in [0.3, 0.4) is 0 Å². The molecule has 1 nitrogen and oxygen atoms in total. The van der Waals surface area contributed by atoms with E-state index >= 15 is 0 Å². The van der Waals surface area contributed by atoms with E-state index in [4.69, 9.17) is 28.5 Å². The summed E-state index contributed by atoms with van der Waals surface area (Å²) in [6.07, 6.45) is 0. The largest absolute Gasteiger partial charge is 0.204 e. The summed E-state index contributed by atoms with van der Waals surface area (Å²) in [5.41, 5.74) is -3.28. The van der Waals surface area contributed by atoms with Crippen molar-refractivity contribution in [3.8, 4) is 6.07 Å². The van der Waals surface area contributed by atoms with Crippen LogP contribution in [0.25, 0.3) is 0 Å². The van der Waals surface area contributed by atoms with Crippen LogP contribution in [0.1, 0.15) is 17.0 Å². The van der Waals surface area contributed by atoms with Crippen LogP contribution in [-0.4, -0.2) is 0 Å². The van der Waals surface area contributed by atoms with Crippen molar-refractivity contribution in [3.63, 3.8) is 0 Å². The van der Waals surface area contributed by atoms with Crippen molar-refractivity contribution in [2.45, 2.75) is 5.92 Å². The van der Waals surface area contributed by atoms with E-state index in [0.29, 0.717) is 0 Å². The van der Waals surface area contributed by atoms with Crippen LogP contribution < -0.4 is 0 Å². The summed E-state index contributed by atoms with van der Waals surface area (Å²) in [6, 6.07) is 1.01. The molecule has 0 amide bonds. The lowest BCUT2D eigenvalue weighted by Crippen LogP contribution is -2.14. The third kappa shape index (κ3) is 2.79. The quantitative estimate of drug-likeness (QED) is 0.354. The maximum atomic E-state index is 14.0. The molecule has 25 heavy (non-hydrogen) atoms. The smallest absolute Gasteiger partial charge is 0.200 e. The van der Waals surface area contributed by atoms with E-state index < -0.39 is 73.6 Å². The topological polar surface area (TPSA) is 23.8 Å². The number of halogens is 10. The average molecular weight is 406 g/mol. The third-order valence-electron chi connectivity index (χ3n) is 3.19. The molecule has 0 aliphatic carbocycles. The fourth-order valence-corrected chi connectivity index (χ4v) is 2.54. The zero-order valence-electron chi connectivity index (χ0n) is 11.3. The maximum absolute atomic E-state index is 14.0. The van der Waals surface area contributed by atoms with Gasteiger partial charge in [0.2, 0.25) is 5.82 Å². The number of benzene rings is 2. The number of hydrogen-bond donors (Lipinski definition) is 0. The first kappa shape index (κ1) is 19.3. The molecule has 0 saturated heterocycles. The molecule has 0 aromatic heterocycles. The molecule has 2 aromatic carbocycles. The molecule has 0 N–H and O–H groups in total. The molecule has 1 unspecified atom stereocenters. The van der Waals surface area contributed by atoms with E-state index in [0.717, 1.165) is 6.07 Å². The van der Waals surface area contributed by atoms with Crippen molar-refractivity contribution < 1.29 is 35.1 Å². The zero-order valence-corrected chi connectivity index (χ0v) is 12.8. The lowest BCUT2D eigenvalue weighted by Gasteiger charge is -2.17. The molecule has 0 radical (unpaired) electrons. The third-order valence-corrected chi connectivity index (χ3v) is 3.90. The van der Waals surface area contributed by atoms with Gasteiger partial charge in [-0.25, -0.2) is 35.1 Å². The summed E-state index contributed by atoms with van der Waals surface area (Å²) in [4.78, 5) is 0. The molecule has 11 heteroatoms. The molecule has 0 spiro atoms. The Morgan fingerprint density at radius 3 is 1.40 bits per heavy atom. The van der Waals surface area contributed by atoms with E-state index in [1.165, 1.54) is 0 Å². The molecule has 1 atom stereocenters. The predicted octanol–water partition coefficient (Wildman–Crippen LogP) is 5.76. The summed E-state index contributed by atoms with van der Waals surface area (Å²) in [6.45, 7) is 0. The van der Waals surface area contributed by atoms with E-state index in [1.807, 2.05) is 0 Å². The molecule has 2 rings (SSSR count). The average Bonchev–Trinajstić information content (AvgIpc) is 2.60. The molecule has 0 fully saturated rings. The van der Waals surface area contributed by atoms with Gasteiger partial charge in [0.1, 0.15) is 10.9 Å². The minimum atomic E-state index is -2.65. The lowest BCUT2D eigenvalue weighted by atomic mass is 9.90. The summed E-state index contributed by atoms with van der Waals surface area (Å²) >= 11 is 10.5. The lowest BCUT2D eigenvalue weighted by molar-refractivity contribution is 0.369. The monoisotopic (exact) mass is 405 g/mol. The molecule has 0 aliphatic rings. The fraction of sp³-hybridized carbons (Fsp3) is 0.0714. The van der Waals surface area contributed by atoms with Gasteiger partial charge in [0.25, 0.3) is 0 Å². The second-order valence-corrected chi connectivity index (χ2v) is 5.29. The van der Waals surface area contributed by atoms with Gasteiger partial charge in [-0.3, -0.25) is 0 Å². The van der Waals surface area contributed by atoms with Crippen LogP contribution in [0.2, 0.25) is 10.0 Å². The van der Waals surface area contributed by atoms with E-state index in [1.54, 1.807) is 0 Å². The molecular formula is C14HCl2F8N. The summed E-state index contributed by atoms with van der Waals surface area (Å²) in [7, 11) is 0. The molecule has 0 heterocycles. The predicted molar refractivity (Wildman–Crippen MR) is 70.0 cm³/mol. The molecule has 0 bridgehead atoms. The highest BCUT2D eigenvalue weighted by molar-refractivity contribution is 6.35. The van der Waals surface area contributed by atoms with Gasteiger partial charge in [-0.2, -0.15) is 5.26 Å². The van der Waals surface area contributed by atoms with Crippen LogP contribution in [-0.2, 0) is 0 Å². The first-order valence-electron chi connectivity index (χ1n) is 5.98. The van der Waals surface area contributed by atoms with Crippen LogP contribution in [0, 0.1) is 57.9 Å². The van der Waals surface area contributed by atoms with Gasteiger partial charge >= 0.3 is 0 Å². The van der Waals surface area contributed by atoms with Gasteiger partial charge in [-0.05, 0) is 0 Å². The SMILES string of the molecule is N#CC(c1c(F)c(F)c(F)c(F)c1F)c1c(F)c(F)c(Cl)c(F)c1Cl. The van der Waals surface area contributed by atoms with Gasteiger partial charge < -0.3 is 0 Å². The summed E-state index contributed by atoms with van der Waals surface area (Å²) in [5, 5.41) is 6.24. The second-order valence-electron chi connectivity index (χ2n) is 4.53. The zero-order chi connectivity index (χ0) is 19.2. The first-order chi connectivity index (χ1) is 11.6. The number of nitriles is 1. The van der Waals surface area contributed by atoms with Crippen molar-refractivity contribution in [1.82, 2.24) is 0 Å². The van der Waals surface area contributed by atoms with Crippen molar-refractivity contribution in [2.24, 2.45) is 0 Å². The highest BCUT2D eigenvalue weighted by atomic mass is 35.5. The molecule has 0 saturated carbocycles. The van der Waals surface area contributed by atoms with Gasteiger partial charge in [-0.1, -0.05) is 23.2 Å². The van der Waals surface area contributed by atoms with E-state index in [-0.39, 0.29) is 0 Å². The Balaban J connectivity index is 2.93. The second kappa shape index (κ2) is 6.69. The van der Waals surface area contributed by atoms with Gasteiger partial charge in [0, 0.05) is 5.56 Å². The van der Waals surface area contributed by atoms with Crippen molar-refractivity contribution in [3.05, 3.63) is 67.7 Å². The molecule has 132 valence electrons. The number of nitrogens with zero attached hydrogens (tertiary/aromatic N) is 1. The highest BCUT2D eigenvalue weighted by Gasteiger charge is 2.36. The first-order valence-corrected chi connectivity index (χ1v) is 6.74. The van der Waals surface area contributed by atoms with Crippen LogP contribution in [0.15, 0.2) is 0 Å². The molecular weight excluding hydrogens is 405 g/mol. The van der Waals surface area contributed by atoms with Crippen molar-refractivity contribution in [2.75, 3.05) is 0 Å². The number of hydrogen-bond acceptors (Lipinski definition) is 1. The maximum Gasteiger partial charge on any atom is 0.200 e. The summed E-state index contributed by atoms with van der Waals surface area (Å²) < 4.78 is 108. The Hall–Kier alpha value is -2.05.